The van der Waals surface area contributed by atoms with Gasteiger partial charge >= 0.3 is 0 Å². The zero-order valence-electron chi connectivity index (χ0n) is 22.3. The second kappa shape index (κ2) is 9.29. The fourth-order valence-electron chi connectivity index (χ4n) is 6.66. The largest absolute Gasteiger partial charge is 0.311 e. The molecule has 0 aliphatic carbocycles. The number of hydrogen-bond donors (Lipinski definition) is 0. The maximum atomic E-state index is 10.4. The Morgan fingerprint density at radius 3 is 1.71 bits per heavy atom. The molecule has 4 heteroatoms. The molecule has 0 spiro atoms. The molecule has 0 bridgehead atoms. The summed E-state index contributed by atoms with van der Waals surface area (Å²) < 4.78 is 0. The standard InChI is InChI=1S/C37H24BN3/c39-25-27-15-11-18-29(26-13-3-1-4-14-26)37(27)41-33-22-10-8-20-31(33)38-30-19-7-9-21-32(30)40(28-16-5-2-6-17-28)34-23-12-24-35(41)36(34)38/h1-24H. The molecule has 0 radical (unpaired) electrons. The van der Waals surface area contributed by atoms with Crippen LogP contribution in [0.1, 0.15) is 5.56 Å². The van der Waals surface area contributed by atoms with Crippen LogP contribution in [0.4, 0.5) is 34.1 Å². The summed E-state index contributed by atoms with van der Waals surface area (Å²) in [5, 5.41) is 10.4. The molecule has 0 N–H and O–H groups in total. The molecule has 6 aromatic rings. The maximum Gasteiger partial charge on any atom is 0.252 e. The van der Waals surface area contributed by atoms with Crippen LogP contribution >= 0.6 is 0 Å². The minimum atomic E-state index is 0.0687. The van der Waals surface area contributed by atoms with E-state index in [1.807, 2.05) is 18.2 Å². The molecule has 190 valence electrons. The lowest BCUT2D eigenvalue weighted by molar-refractivity contribution is 1.25. The lowest BCUT2D eigenvalue weighted by atomic mass is 9.33. The Morgan fingerprint density at radius 2 is 1.02 bits per heavy atom. The van der Waals surface area contributed by atoms with Crippen molar-refractivity contribution in [1.82, 2.24) is 0 Å². The molecule has 0 atom stereocenters. The number of hydrogen-bond acceptors (Lipinski definition) is 3. The summed E-state index contributed by atoms with van der Waals surface area (Å²) in [5.74, 6) is 0. The lowest BCUT2D eigenvalue weighted by Gasteiger charge is -2.44. The third-order valence-corrected chi connectivity index (χ3v) is 8.29. The van der Waals surface area contributed by atoms with E-state index in [4.69, 9.17) is 0 Å². The highest BCUT2D eigenvalue weighted by Gasteiger charge is 2.43. The molecule has 0 saturated carbocycles. The summed E-state index contributed by atoms with van der Waals surface area (Å²) in [5.41, 5.74) is 13.1. The number of para-hydroxylation sites is 4. The van der Waals surface area contributed by atoms with E-state index in [-0.39, 0.29) is 6.71 Å². The average molecular weight is 521 g/mol. The smallest absolute Gasteiger partial charge is 0.252 e. The first kappa shape index (κ1) is 23.4. The predicted molar refractivity (Wildman–Crippen MR) is 171 cm³/mol. The van der Waals surface area contributed by atoms with Crippen LogP contribution in [0.25, 0.3) is 11.1 Å². The van der Waals surface area contributed by atoms with E-state index in [1.165, 1.54) is 22.1 Å². The number of nitriles is 1. The fourth-order valence-corrected chi connectivity index (χ4v) is 6.66. The first-order valence-corrected chi connectivity index (χ1v) is 13.9. The van der Waals surface area contributed by atoms with E-state index >= 15 is 0 Å². The van der Waals surface area contributed by atoms with Crippen molar-refractivity contribution < 1.29 is 0 Å². The molecule has 0 amide bonds. The van der Waals surface area contributed by atoms with E-state index in [2.05, 4.69) is 143 Å². The van der Waals surface area contributed by atoms with Gasteiger partial charge in [-0.3, -0.25) is 0 Å². The van der Waals surface area contributed by atoms with Crippen LogP contribution in [0.2, 0.25) is 0 Å². The van der Waals surface area contributed by atoms with Gasteiger partial charge in [0.2, 0.25) is 0 Å². The van der Waals surface area contributed by atoms with Crippen LogP contribution < -0.4 is 26.2 Å². The molecule has 0 unspecified atom stereocenters. The Labute approximate surface area is 240 Å². The Balaban J connectivity index is 1.48. The molecule has 3 nitrogen and oxygen atoms in total. The van der Waals surface area contributed by atoms with Crippen LogP contribution in [0, 0.1) is 11.3 Å². The molecule has 8 rings (SSSR count). The normalized spacial score (nSPS) is 12.7. The Kier molecular flexibility index (Phi) is 5.30. The monoisotopic (exact) mass is 521 g/mol. The van der Waals surface area contributed by atoms with Crippen LogP contribution in [0.15, 0.2) is 146 Å². The summed E-state index contributed by atoms with van der Waals surface area (Å²) >= 11 is 0. The van der Waals surface area contributed by atoms with Crippen LogP contribution in [0.3, 0.4) is 0 Å². The molecule has 2 aliphatic rings. The summed E-state index contributed by atoms with van der Waals surface area (Å²) in [6.45, 7) is 0.0687. The number of nitrogens with zero attached hydrogens (tertiary/aromatic N) is 3. The Hall–Kier alpha value is -5.53. The van der Waals surface area contributed by atoms with Gasteiger partial charge < -0.3 is 9.80 Å². The molecule has 0 fully saturated rings. The van der Waals surface area contributed by atoms with Crippen LogP contribution in [-0.2, 0) is 0 Å². The van der Waals surface area contributed by atoms with Crippen molar-refractivity contribution in [3.8, 4) is 17.2 Å². The molecule has 0 saturated heterocycles. The zero-order valence-corrected chi connectivity index (χ0v) is 22.3. The van der Waals surface area contributed by atoms with Gasteiger partial charge in [0.05, 0.1) is 11.3 Å². The number of benzene rings is 6. The van der Waals surface area contributed by atoms with Gasteiger partial charge in [-0.2, -0.15) is 5.26 Å². The highest BCUT2D eigenvalue weighted by molar-refractivity contribution is 7.00. The average Bonchev–Trinajstić information content (AvgIpc) is 3.05. The topological polar surface area (TPSA) is 30.3 Å². The van der Waals surface area contributed by atoms with Gasteiger partial charge in [-0.15, -0.1) is 0 Å². The molecular formula is C37H24BN3. The van der Waals surface area contributed by atoms with Crippen molar-refractivity contribution in [2.24, 2.45) is 0 Å². The zero-order chi connectivity index (χ0) is 27.3. The van der Waals surface area contributed by atoms with Crippen molar-refractivity contribution in [1.29, 1.82) is 5.26 Å². The SMILES string of the molecule is N#Cc1cccc(-c2ccccc2)c1N1c2ccccc2B2c3ccccc3N(c3ccccc3)c3cccc1c32. The van der Waals surface area contributed by atoms with Crippen molar-refractivity contribution in [3.63, 3.8) is 0 Å². The minimum Gasteiger partial charge on any atom is -0.311 e. The Bertz CT molecular complexity index is 1980. The number of fused-ring (bicyclic) bond motifs is 4. The first-order valence-electron chi connectivity index (χ1n) is 13.9. The van der Waals surface area contributed by atoms with Crippen molar-refractivity contribution in [3.05, 3.63) is 151 Å². The van der Waals surface area contributed by atoms with E-state index < -0.39 is 0 Å². The minimum absolute atomic E-state index is 0.0687. The van der Waals surface area contributed by atoms with Crippen molar-refractivity contribution in [2.45, 2.75) is 0 Å². The molecule has 2 heterocycles. The number of anilines is 6. The van der Waals surface area contributed by atoms with E-state index in [0.717, 1.165) is 39.6 Å². The summed E-state index contributed by atoms with van der Waals surface area (Å²) in [7, 11) is 0. The summed E-state index contributed by atoms with van der Waals surface area (Å²) in [6.07, 6.45) is 0. The van der Waals surface area contributed by atoms with Gasteiger partial charge in [0.1, 0.15) is 6.07 Å². The Morgan fingerprint density at radius 1 is 0.488 bits per heavy atom. The van der Waals surface area contributed by atoms with Gasteiger partial charge in [0, 0.05) is 34.0 Å². The highest BCUT2D eigenvalue weighted by Crippen LogP contribution is 2.46. The van der Waals surface area contributed by atoms with Gasteiger partial charge in [-0.05, 0) is 64.4 Å². The second-order valence-corrected chi connectivity index (χ2v) is 10.4. The first-order chi connectivity index (χ1) is 20.3. The van der Waals surface area contributed by atoms with E-state index in [1.54, 1.807) is 0 Å². The molecule has 0 aromatic heterocycles. The van der Waals surface area contributed by atoms with Crippen LogP contribution in [0.5, 0.6) is 0 Å². The number of rotatable bonds is 3. The van der Waals surface area contributed by atoms with Gasteiger partial charge in [-0.1, -0.05) is 103 Å². The highest BCUT2D eigenvalue weighted by atomic mass is 15.2. The van der Waals surface area contributed by atoms with Crippen LogP contribution in [-0.4, -0.2) is 6.71 Å². The van der Waals surface area contributed by atoms with Gasteiger partial charge in [0.25, 0.3) is 6.71 Å². The van der Waals surface area contributed by atoms with E-state index in [0.29, 0.717) is 5.56 Å². The maximum absolute atomic E-state index is 10.4. The molecule has 2 aliphatic heterocycles. The molecule has 41 heavy (non-hydrogen) atoms. The predicted octanol–water partition coefficient (Wildman–Crippen LogP) is 7.31. The third-order valence-electron chi connectivity index (χ3n) is 8.29. The van der Waals surface area contributed by atoms with Crippen molar-refractivity contribution >= 4 is 57.2 Å². The molecule has 6 aromatic carbocycles. The van der Waals surface area contributed by atoms with Gasteiger partial charge in [0.15, 0.2) is 0 Å². The fraction of sp³-hybridized carbons (Fsp3) is 0. The third kappa shape index (κ3) is 3.46. The summed E-state index contributed by atoms with van der Waals surface area (Å²) in [4.78, 5) is 4.70. The lowest BCUT2D eigenvalue weighted by Crippen LogP contribution is -2.61. The summed E-state index contributed by atoms with van der Waals surface area (Å²) in [6, 6.07) is 53.5. The van der Waals surface area contributed by atoms with E-state index in [9.17, 15) is 5.26 Å². The quantitative estimate of drug-likeness (QED) is 0.229. The molecular weight excluding hydrogens is 497 g/mol. The second-order valence-electron chi connectivity index (χ2n) is 10.4. The van der Waals surface area contributed by atoms with Gasteiger partial charge in [-0.25, -0.2) is 0 Å². The van der Waals surface area contributed by atoms with Crippen molar-refractivity contribution in [2.75, 3.05) is 9.80 Å².